The van der Waals surface area contributed by atoms with Gasteiger partial charge in [0.15, 0.2) is 0 Å². The number of hydrogen-bond acceptors (Lipinski definition) is 3. The van der Waals surface area contributed by atoms with E-state index in [0.29, 0.717) is 5.56 Å². The molecule has 0 aromatic heterocycles. The lowest BCUT2D eigenvalue weighted by molar-refractivity contribution is -0.139. The summed E-state index contributed by atoms with van der Waals surface area (Å²) in [6.45, 7) is 0.221. The molecule has 0 radical (unpaired) electrons. The zero-order valence-electron chi connectivity index (χ0n) is 8.22. The number of esters is 1. The van der Waals surface area contributed by atoms with Gasteiger partial charge in [-0.25, -0.2) is 8.78 Å². The van der Waals surface area contributed by atoms with Gasteiger partial charge >= 0.3 is 5.97 Å². The predicted molar refractivity (Wildman–Crippen MR) is 50.1 cm³/mol. The number of carbonyl (C=O) groups excluding carboxylic acids is 1. The van der Waals surface area contributed by atoms with Crippen LogP contribution in [0.15, 0.2) is 18.2 Å². The second-order valence-electron chi connectivity index (χ2n) is 2.96. The number of ether oxygens (including phenoxy) is 1. The average Bonchev–Trinajstić information content (AvgIpc) is 2.16. The number of hydrogen-bond donors (Lipinski definition) is 1. The molecule has 3 nitrogen and oxygen atoms in total. The van der Waals surface area contributed by atoms with Crippen molar-refractivity contribution in [3.05, 3.63) is 35.4 Å². The Kier molecular flexibility index (Phi) is 4.17. The van der Waals surface area contributed by atoms with Crippen molar-refractivity contribution in [2.45, 2.75) is 6.54 Å². The third-order valence-electron chi connectivity index (χ3n) is 1.75. The molecular formula is C10H11F2NO2. The molecule has 5 heteroatoms. The third-order valence-corrected chi connectivity index (χ3v) is 1.75. The Bertz CT molecular complexity index is 335. The fraction of sp³-hybridized carbons (Fsp3) is 0.300. The van der Waals surface area contributed by atoms with Gasteiger partial charge in [0.05, 0.1) is 13.7 Å². The molecule has 15 heavy (non-hydrogen) atoms. The predicted octanol–water partition coefficient (Wildman–Crippen LogP) is 1.23. The molecule has 0 aliphatic heterocycles. The van der Waals surface area contributed by atoms with Crippen LogP contribution in [0.1, 0.15) is 5.56 Å². The quantitative estimate of drug-likeness (QED) is 0.767. The summed E-state index contributed by atoms with van der Waals surface area (Å²) >= 11 is 0. The van der Waals surface area contributed by atoms with Crippen LogP contribution in [0.3, 0.4) is 0 Å². The zero-order valence-corrected chi connectivity index (χ0v) is 8.22. The normalized spacial score (nSPS) is 10.1. The number of carbonyl (C=O) groups is 1. The fourth-order valence-corrected chi connectivity index (χ4v) is 1.09. The highest BCUT2D eigenvalue weighted by Gasteiger charge is 2.02. The Hall–Kier alpha value is -1.49. The van der Waals surface area contributed by atoms with Crippen molar-refractivity contribution < 1.29 is 18.3 Å². The number of benzene rings is 1. The van der Waals surface area contributed by atoms with Crippen molar-refractivity contribution >= 4 is 5.97 Å². The summed E-state index contributed by atoms with van der Waals surface area (Å²) in [6, 6.07) is 3.20. The Morgan fingerprint density at radius 3 is 2.47 bits per heavy atom. The molecule has 1 rings (SSSR count). The molecule has 0 amide bonds. The Morgan fingerprint density at radius 2 is 1.93 bits per heavy atom. The molecule has 0 spiro atoms. The fourth-order valence-electron chi connectivity index (χ4n) is 1.09. The monoisotopic (exact) mass is 215 g/mol. The van der Waals surface area contributed by atoms with E-state index < -0.39 is 17.6 Å². The lowest BCUT2D eigenvalue weighted by atomic mass is 10.2. The second kappa shape index (κ2) is 5.41. The summed E-state index contributed by atoms with van der Waals surface area (Å²) < 4.78 is 29.8. The van der Waals surface area contributed by atoms with Crippen LogP contribution in [0.2, 0.25) is 0 Å². The first kappa shape index (κ1) is 11.6. The van der Waals surface area contributed by atoms with Gasteiger partial charge in [-0.15, -0.1) is 0 Å². The second-order valence-corrected chi connectivity index (χ2v) is 2.96. The Morgan fingerprint density at radius 1 is 1.33 bits per heavy atom. The minimum atomic E-state index is -0.634. The van der Waals surface area contributed by atoms with E-state index in [-0.39, 0.29) is 13.1 Å². The number of methoxy groups -OCH3 is 1. The van der Waals surface area contributed by atoms with Crippen LogP contribution in [0.4, 0.5) is 8.78 Å². The van der Waals surface area contributed by atoms with Gasteiger partial charge in [0.1, 0.15) is 11.6 Å². The number of rotatable bonds is 4. The van der Waals surface area contributed by atoms with Gasteiger partial charge in [-0.2, -0.15) is 0 Å². The molecule has 0 aliphatic carbocycles. The van der Waals surface area contributed by atoms with E-state index >= 15 is 0 Å². The number of halogens is 2. The minimum absolute atomic E-state index is 0.00856. The van der Waals surface area contributed by atoms with Crippen molar-refractivity contribution in [2.75, 3.05) is 13.7 Å². The zero-order chi connectivity index (χ0) is 11.3. The molecule has 0 fully saturated rings. The van der Waals surface area contributed by atoms with E-state index in [1.807, 2.05) is 0 Å². The van der Waals surface area contributed by atoms with Crippen LogP contribution in [0.5, 0.6) is 0 Å². The van der Waals surface area contributed by atoms with Gasteiger partial charge in [0.25, 0.3) is 0 Å². The summed E-state index contributed by atoms with van der Waals surface area (Å²) in [5.74, 6) is -1.69. The van der Waals surface area contributed by atoms with Crippen molar-refractivity contribution in [1.29, 1.82) is 0 Å². The highest BCUT2D eigenvalue weighted by atomic mass is 19.1. The number of nitrogens with one attached hydrogen (secondary N) is 1. The van der Waals surface area contributed by atoms with E-state index in [1.54, 1.807) is 0 Å². The van der Waals surface area contributed by atoms with Crippen LogP contribution in [0.25, 0.3) is 0 Å². The minimum Gasteiger partial charge on any atom is -0.468 e. The molecule has 0 saturated heterocycles. The Balaban J connectivity index is 2.47. The summed E-state index contributed by atoms with van der Waals surface area (Å²) in [5.41, 5.74) is 0.441. The average molecular weight is 215 g/mol. The van der Waals surface area contributed by atoms with E-state index in [2.05, 4.69) is 10.1 Å². The van der Waals surface area contributed by atoms with Crippen molar-refractivity contribution in [3.8, 4) is 0 Å². The van der Waals surface area contributed by atoms with E-state index in [9.17, 15) is 13.6 Å². The maximum atomic E-state index is 12.7. The maximum Gasteiger partial charge on any atom is 0.319 e. The summed E-state index contributed by atoms with van der Waals surface area (Å²) in [6.07, 6.45) is 0. The van der Waals surface area contributed by atoms with Gasteiger partial charge in [-0.1, -0.05) is 0 Å². The van der Waals surface area contributed by atoms with Crippen LogP contribution < -0.4 is 5.32 Å². The van der Waals surface area contributed by atoms with Crippen LogP contribution in [-0.4, -0.2) is 19.6 Å². The van der Waals surface area contributed by atoms with Gasteiger partial charge in [0.2, 0.25) is 0 Å². The van der Waals surface area contributed by atoms with Crippen LogP contribution in [0, 0.1) is 11.6 Å². The summed E-state index contributed by atoms with van der Waals surface area (Å²) in [4.78, 5) is 10.7. The maximum absolute atomic E-state index is 12.7. The van der Waals surface area contributed by atoms with Crippen molar-refractivity contribution in [3.63, 3.8) is 0 Å². The van der Waals surface area contributed by atoms with Gasteiger partial charge in [-0.05, 0) is 17.7 Å². The molecule has 0 bridgehead atoms. The Labute approximate surface area is 86.0 Å². The SMILES string of the molecule is COC(=O)CNCc1cc(F)cc(F)c1. The molecule has 0 aliphatic rings. The molecule has 1 aromatic carbocycles. The topological polar surface area (TPSA) is 38.3 Å². The first-order valence-electron chi connectivity index (χ1n) is 4.34. The van der Waals surface area contributed by atoms with E-state index in [1.165, 1.54) is 19.2 Å². The van der Waals surface area contributed by atoms with Gasteiger partial charge in [-0.3, -0.25) is 4.79 Å². The molecule has 0 unspecified atom stereocenters. The third kappa shape index (κ3) is 4.03. The van der Waals surface area contributed by atoms with Gasteiger partial charge in [0, 0.05) is 12.6 Å². The highest BCUT2D eigenvalue weighted by Crippen LogP contribution is 2.07. The van der Waals surface area contributed by atoms with Crippen molar-refractivity contribution in [2.24, 2.45) is 0 Å². The van der Waals surface area contributed by atoms with Crippen molar-refractivity contribution in [1.82, 2.24) is 5.32 Å². The van der Waals surface area contributed by atoms with E-state index in [4.69, 9.17) is 0 Å². The molecule has 0 heterocycles. The van der Waals surface area contributed by atoms with Crippen LogP contribution >= 0.6 is 0 Å². The molecular weight excluding hydrogens is 204 g/mol. The smallest absolute Gasteiger partial charge is 0.319 e. The molecule has 0 atom stereocenters. The largest absolute Gasteiger partial charge is 0.468 e. The van der Waals surface area contributed by atoms with Gasteiger partial charge < -0.3 is 10.1 Å². The molecule has 82 valence electrons. The molecule has 0 saturated carbocycles. The standard InChI is InChI=1S/C10H11F2NO2/c1-15-10(14)6-13-5-7-2-8(11)4-9(12)3-7/h2-4,13H,5-6H2,1H3. The lowest BCUT2D eigenvalue weighted by Crippen LogP contribution is -2.23. The molecule has 1 N–H and O–H groups in total. The summed E-state index contributed by atoms with van der Waals surface area (Å²) in [7, 11) is 1.27. The first-order valence-corrected chi connectivity index (χ1v) is 4.34. The summed E-state index contributed by atoms with van der Waals surface area (Å²) in [5, 5.41) is 2.70. The lowest BCUT2D eigenvalue weighted by Gasteiger charge is -2.03. The molecule has 1 aromatic rings. The highest BCUT2D eigenvalue weighted by molar-refractivity contribution is 5.71. The van der Waals surface area contributed by atoms with E-state index in [0.717, 1.165) is 6.07 Å². The van der Waals surface area contributed by atoms with Crippen LogP contribution in [-0.2, 0) is 16.1 Å². The first-order chi connectivity index (χ1) is 7.11.